The molecule has 3 N–H and O–H groups in total. The second-order valence-corrected chi connectivity index (χ2v) is 32.9. The van der Waals surface area contributed by atoms with Crippen LogP contribution in [0, 0.1) is 23.7 Å². The van der Waals surface area contributed by atoms with E-state index in [9.17, 15) is 43.2 Å². The number of rotatable bonds is 75. The van der Waals surface area contributed by atoms with E-state index in [2.05, 4.69) is 55.4 Å². The molecule has 0 aromatic rings. The normalized spacial score (nSPS) is 14.1. The molecule has 0 aliphatic heterocycles. The van der Waals surface area contributed by atoms with Gasteiger partial charge in [-0.25, -0.2) is 9.13 Å². The Hall–Kier alpha value is -1.94. The molecule has 0 bridgehead atoms. The highest BCUT2D eigenvalue weighted by atomic mass is 31.2. The fourth-order valence-corrected chi connectivity index (χ4v) is 13.5. The third-order valence-corrected chi connectivity index (χ3v) is 20.0. The maximum Gasteiger partial charge on any atom is 0.472 e. The number of hydrogen-bond donors (Lipinski definition) is 3. The summed E-state index contributed by atoms with van der Waals surface area (Å²) < 4.78 is 68.5. The highest BCUT2D eigenvalue weighted by Crippen LogP contribution is 2.45. The summed E-state index contributed by atoms with van der Waals surface area (Å²) in [7, 11) is -9.91. The van der Waals surface area contributed by atoms with Crippen molar-refractivity contribution < 1.29 is 80.2 Å². The van der Waals surface area contributed by atoms with Crippen LogP contribution in [0.3, 0.4) is 0 Å². The number of unbranched alkanes of at least 4 members (excludes halogenated alkanes) is 41. The van der Waals surface area contributed by atoms with Gasteiger partial charge in [0.25, 0.3) is 0 Å². The molecule has 0 rings (SSSR count). The van der Waals surface area contributed by atoms with E-state index < -0.39 is 97.5 Å². The zero-order valence-electron chi connectivity index (χ0n) is 63.7. The highest BCUT2D eigenvalue weighted by molar-refractivity contribution is 7.47. The third kappa shape index (κ3) is 72.2. The highest BCUT2D eigenvalue weighted by Gasteiger charge is 2.30. The zero-order chi connectivity index (χ0) is 71.7. The van der Waals surface area contributed by atoms with Gasteiger partial charge in [-0.1, -0.05) is 344 Å². The van der Waals surface area contributed by atoms with Crippen molar-refractivity contribution in [1.82, 2.24) is 0 Å². The number of esters is 4. The van der Waals surface area contributed by atoms with Crippen molar-refractivity contribution in [3.05, 3.63) is 0 Å². The van der Waals surface area contributed by atoms with Gasteiger partial charge < -0.3 is 33.8 Å². The summed E-state index contributed by atoms with van der Waals surface area (Å²) in [6.07, 6.45) is 53.3. The SMILES string of the molecule is CC(C)CCCCCCCCCCCCCCCCCCCCC(=O)OC[C@H](COP(=O)(O)OCC(O)COP(=O)(O)OC[C@@H](COC(=O)CCCCCCCCC(C)C)OC(=O)CCCCCCCCCCCCCCCCCC(C)C)OC(=O)CCCCCCCCC(C)C. The van der Waals surface area contributed by atoms with E-state index in [1.54, 1.807) is 0 Å². The molecule has 0 spiro atoms. The van der Waals surface area contributed by atoms with Gasteiger partial charge in [0.15, 0.2) is 12.2 Å². The molecule has 0 radical (unpaired) electrons. The summed E-state index contributed by atoms with van der Waals surface area (Å²) in [5, 5.41) is 10.6. The molecule has 3 unspecified atom stereocenters. The number of carbonyl (C=O) groups is 4. The van der Waals surface area contributed by atoms with E-state index >= 15 is 0 Å². The summed E-state index contributed by atoms with van der Waals surface area (Å²) >= 11 is 0. The first-order chi connectivity index (χ1) is 46.6. The number of phosphoric ester groups is 2. The van der Waals surface area contributed by atoms with E-state index in [1.807, 2.05) is 0 Å². The minimum absolute atomic E-state index is 0.102. The largest absolute Gasteiger partial charge is 0.472 e. The molecule has 17 nitrogen and oxygen atoms in total. The van der Waals surface area contributed by atoms with Crippen LogP contribution in [0.25, 0.3) is 0 Å². The van der Waals surface area contributed by atoms with E-state index in [0.29, 0.717) is 37.5 Å². The lowest BCUT2D eigenvalue weighted by Crippen LogP contribution is -2.30. The van der Waals surface area contributed by atoms with Crippen molar-refractivity contribution in [2.24, 2.45) is 23.7 Å². The van der Waals surface area contributed by atoms with Crippen molar-refractivity contribution in [3.63, 3.8) is 0 Å². The fraction of sp³-hybridized carbons (Fsp3) is 0.949. The Morgan fingerprint density at radius 1 is 0.258 bits per heavy atom. The van der Waals surface area contributed by atoms with Crippen LogP contribution in [0.15, 0.2) is 0 Å². The lowest BCUT2D eigenvalue weighted by Gasteiger charge is -2.21. The van der Waals surface area contributed by atoms with Crippen LogP contribution in [0.4, 0.5) is 0 Å². The van der Waals surface area contributed by atoms with E-state index in [0.717, 1.165) is 108 Å². The maximum atomic E-state index is 13.1. The predicted molar refractivity (Wildman–Crippen MR) is 395 cm³/mol. The van der Waals surface area contributed by atoms with Gasteiger partial charge in [0.1, 0.15) is 19.3 Å². The lowest BCUT2D eigenvalue weighted by atomic mass is 10.0. The Labute approximate surface area is 594 Å². The number of carbonyl (C=O) groups excluding carboxylic acids is 4. The maximum absolute atomic E-state index is 13.1. The van der Waals surface area contributed by atoms with Crippen LogP contribution in [-0.2, 0) is 65.4 Å². The van der Waals surface area contributed by atoms with Crippen LogP contribution in [0.2, 0.25) is 0 Å². The Bertz CT molecular complexity index is 1900. The summed E-state index contributed by atoms with van der Waals surface area (Å²) in [6, 6.07) is 0. The number of hydrogen-bond acceptors (Lipinski definition) is 15. The van der Waals surface area contributed by atoms with Crippen LogP contribution in [0.5, 0.6) is 0 Å². The molecule has 0 saturated carbocycles. The Balaban J connectivity index is 5.10. The summed E-state index contributed by atoms with van der Waals surface area (Å²) in [5.41, 5.74) is 0. The molecule has 576 valence electrons. The van der Waals surface area contributed by atoms with Gasteiger partial charge >= 0.3 is 39.5 Å². The molecule has 0 aromatic heterocycles. The Kier molecular flexibility index (Phi) is 65.9. The molecule has 0 heterocycles. The van der Waals surface area contributed by atoms with Gasteiger partial charge in [-0.05, 0) is 49.4 Å². The van der Waals surface area contributed by atoms with Gasteiger partial charge in [0.05, 0.1) is 26.4 Å². The van der Waals surface area contributed by atoms with Gasteiger partial charge in [-0.2, -0.15) is 0 Å². The second kappa shape index (κ2) is 67.2. The fourth-order valence-electron chi connectivity index (χ4n) is 11.9. The van der Waals surface area contributed by atoms with E-state index in [1.165, 1.54) is 193 Å². The van der Waals surface area contributed by atoms with Crippen molar-refractivity contribution in [2.75, 3.05) is 39.6 Å². The summed E-state index contributed by atoms with van der Waals surface area (Å²) in [5.74, 6) is 0.848. The second-order valence-electron chi connectivity index (χ2n) is 30.0. The smallest absolute Gasteiger partial charge is 0.462 e. The predicted octanol–water partition coefficient (Wildman–Crippen LogP) is 22.8. The van der Waals surface area contributed by atoms with Gasteiger partial charge in [0, 0.05) is 25.7 Å². The molecule has 97 heavy (non-hydrogen) atoms. The average Bonchev–Trinajstić information content (AvgIpc) is 2.12. The first-order valence-electron chi connectivity index (χ1n) is 40.2. The topological polar surface area (TPSA) is 237 Å². The van der Waals surface area contributed by atoms with Crippen LogP contribution in [0.1, 0.15) is 396 Å². The van der Waals surface area contributed by atoms with Crippen LogP contribution < -0.4 is 0 Å². The number of aliphatic hydroxyl groups excluding tert-OH is 1. The summed E-state index contributed by atoms with van der Waals surface area (Å²) in [4.78, 5) is 72.7. The van der Waals surface area contributed by atoms with E-state index in [4.69, 9.17) is 37.0 Å². The third-order valence-electron chi connectivity index (χ3n) is 18.1. The number of phosphoric acid groups is 2. The monoisotopic (exact) mass is 1420 g/mol. The average molecular weight is 1420 g/mol. The standard InChI is InChI=1S/C78H152O17P2/c1-68(2)54-46-38-30-26-22-18-14-11-9-10-12-16-20-24-28-32-42-50-58-75(80)88-64-74(95-78(83)61-53-45-37-35-41-49-57-71(7)8)67-93-97(86,87)91-63-72(79)62-90-96(84,85)92-66-73(65-89-76(81)59-51-43-36-34-40-48-56-70(5)6)94-77(82)60-52-44-33-29-25-21-17-13-15-19-23-27-31-39-47-55-69(3)4/h68-74,79H,9-67H2,1-8H3,(H,84,85)(H,86,87)/t72?,73-,74-/m1/s1. The van der Waals surface area contributed by atoms with Crippen molar-refractivity contribution in [2.45, 2.75) is 414 Å². The zero-order valence-corrected chi connectivity index (χ0v) is 65.5. The van der Waals surface area contributed by atoms with Crippen molar-refractivity contribution >= 4 is 39.5 Å². The van der Waals surface area contributed by atoms with Gasteiger partial charge in [-0.3, -0.25) is 37.3 Å². The Morgan fingerprint density at radius 2 is 0.433 bits per heavy atom. The molecule has 5 atom stereocenters. The van der Waals surface area contributed by atoms with Crippen LogP contribution >= 0.6 is 15.6 Å². The summed E-state index contributed by atoms with van der Waals surface area (Å²) in [6.45, 7) is 14.1. The quantitative estimate of drug-likeness (QED) is 0.0222. The molecule has 19 heteroatoms. The van der Waals surface area contributed by atoms with Crippen LogP contribution in [-0.4, -0.2) is 96.7 Å². The minimum atomic E-state index is -4.96. The molecule has 0 aliphatic carbocycles. The molecule has 0 saturated heterocycles. The van der Waals surface area contributed by atoms with Gasteiger partial charge in [-0.15, -0.1) is 0 Å². The lowest BCUT2D eigenvalue weighted by molar-refractivity contribution is -0.161. The van der Waals surface area contributed by atoms with Crippen molar-refractivity contribution in [3.8, 4) is 0 Å². The Morgan fingerprint density at radius 3 is 0.639 bits per heavy atom. The minimum Gasteiger partial charge on any atom is -0.462 e. The first-order valence-corrected chi connectivity index (χ1v) is 43.2. The molecule has 0 aliphatic rings. The van der Waals surface area contributed by atoms with Gasteiger partial charge in [0.2, 0.25) is 0 Å². The molecular weight excluding hydrogens is 1270 g/mol. The number of ether oxygens (including phenoxy) is 4. The first kappa shape index (κ1) is 95.1. The molecule has 0 amide bonds. The molecular formula is C78H152O17P2. The number of aliphatic hydroxyl groups is 1. The van der Waals surface area contributed by atoms with Crippen molar-refractivity contribution in [1.29, 1.82) is 0 Å². The van der Waals surface area contributed by atoms with E-state index in [-0.39, 0.29) is 25.7 Å². The molecule has 0 fully saturated rings. The molecule has 0 aromatic carbocycles.